The van der Waals surface area contributed by atoms with Crippen LogP contribution in [-0.4, -0.2) is 16.5 Å². The van der Waals surface area contributed by atoms with Crippen molar-refractivity contribution in [1.82, 2.24) is 15.3 Å². The van der Waals surface area contributed by atoms with Gasteiger partial charge in [-0.3, -0.25) is 9.97 Å². The van der Waals surface area contributed by atoms with Crippen molar-refractivity contribution in [3.05, 3.63) is 53.9 Å². The number of halogens is 1. The topological polar surface area (TPSA) is 63.8 Å². The maximum absolute atomic E-state index is 13.8. The highest BCUT2D eigenvalue weighted by Crippen LogP contribution is 2.22. The van der Waals surface area contributed by atoms with Crippen LogP contribution in [0.5, 0.6) is 0 Å². The monoisotopic (exact) mass is 260 g/mol. The number of hydrogen-bond donors (Lipinski definition) is 2. The van der Waals surface area contributed by atoms with Crippen LogP contribution in [0.25, 0.3) is 0 Å². The van der Waals surface area contributed by atoms with Crippen LogP contribution in [0.1, 0.15) is 24.1 Å². The van der Waals surface area contributed by atoms with Gasteiger partial charge < -0.3 is 11.1 Å². The summed E-state index contributed by atoms with van der Waals surface area (Å²) in [6.45, 7) is 2.73. The maximum atomic E-state index is 13.8. The zero-order chi connectivity index (χ0) is 13.7. The third-order valence-electron chi connectivity index (χ3n) is 3.00. The molecule has 0 saturated carbocycles. The van der Waals surface area contributed by atoms with E-state index in [0.717, 1.165) is 12.1 Å². The summed E-state index contributed by atoms with van der Waals surface area (Å²) in [7, 11) is 0. The Morgan fingerprint density at radius 3 is 2.68 bits per heavy atom. The molecule has 3 N–H and O–H groups in total. The number of anilines is 1. The van der Waals surface area contributed by atoms with Gasteiger partial charge in [-0.1, -0.05) is 6.92 Å². The molecule has 0 fully saturated rings. The molecule has 2 heterocycles. The molecule has 4 nitrogen and oxygen atoms in total. The molecule has 2 rings (SSSR count). The van der Waals surface area contributed by atoms with Gasteiger partial charge in [0, 0.05) is 35.9 Å². The standard InChI is InChI=1S/C14H17FN4/c1-2-19-14(11-3-5-18-9-12(11)15)7-10-8-17-6-4-13(10)16/h3-6,8-9,14,19H,2,7H2,1H3,(H2,16,17). The number of nitrogens with two attached hydrogens (primary N) is 1. The normalized spacial score (nSPS) is 12.3. The van der Waals surface area contributed by atoms with Crippen molar-refractivity contribution in [1.29, 1.82) is 0 Å². The average molecular weight is 260 g/mol. The molecule has 0 radical (unpaired) electrons. The highest BCUT2D eigenvalue weighted by atomic mass is 19.1. The average Bonchev–Trinajstić information content (AvgIpc) is 2.41. The second-order valence-electron chi connectivity index (χ2n) is 4.29. The summed E-state index contributed by atoms with van der Waals surface area (Å²) >= 11 is 0. The van der Waals surface area contributed by atoms with Crippen molar-refractivity contribution in [3.63, 3.8) is 0 Å². The minimum absolute atomic E-state index is 0.139. The number of nitrogens with zero attached hydrogens (tertiary/aromatic N) is 2. The van der Waals surface area contributed by atoms with E-state index in [9.17, 15) is 4.39 Å². The van der Waals surface area contributed by atoms with Crippen molar-refractivity contribution in [2.45, 2.75) is 19.4 Å². The number of likely N-dealkylation sites (N-methyl/N-ethyl adjacent to an activating group) is 1. The first-order chi connectivity index (χ1) is 9.22. The van der Waals surface area contributed by atoms with Gasteiger partial charge in [-0.2, -0.15) is 0 Å². The van der Waals surface area contributed by atoms with Crippen molar-refractivity contribution in [2.24, 2.45) is 0 Å². The van der Waals surface area contributed by atoms with E-state index in [1.54, 1.807) is 30.7 Å². The third-order valence-corrected chi connectivity index (χ3v) is 3.00. The molecule has 1 unspecified atom stereocenters. The summed E-state index contributed by atoms with van der Waals surface area (Å²) in [5, 5.41) is 3.26. The van der Waals surface area contributed by atoms with Crippen LogP contribution in [0, 0.1) is 5.82 Å². The SMILES string of the molecule is CCNC(Cc1cnccc1N)c1ccncc1F. The smallest absolute Gasteiger partial charge is 0.146 e. The summed E-state index contributed by atoms with van der Waals surface area (Å²) in [6, 6.07) is 3.30. The van der Waals surface area contributed by atoms with E-state index >= 15 is 0 Å². The minimum atomic E-state index is -0.309. The van der Waals surface area contributed by atoms with Gasteiger partial charge in [-0.15, -0.1) is 0 Å². The summed E-state index contributed by atoms with van der Waals surface area (Å²) < 4.78 is 13.8. The molecule has 1 atom stereocenters. The molecule has 19 heavy (non-hydrogen) atoms. The first kappa shape index (κ1) is 13.4. The summed E-state index contributed by atoms with van der Waals surface area (Å²) in [5.41, 5.74) is 8.09. The molecule has 0 bridgehead atoms. The van der Waals surface area contributed by atoms with Crippen LogP contribution < -0.4 is 11.1 Å². The predicted octanol–water partition coefficient (Wildman–Crippen LogP) is 2.09. The van der Waals surface area contributed by atoms with E-state index in [1.807, 2.05) is 6.92 Å². The Morgan fingerprint density at radius 1 is 1.26 bits per heavy atom. The minimum Gasteiger partial charge on any atom is -0.398 e. The zero-order valence-electron chi connectivity index (χ0n) is 10.8. The molecule has 0 aliphatic heterocycles. The number of nitrogen functional groups attached to an aromatic ring is 1. The van der Waals surface area contributed by atoms with Crippen LogP contribution in [0.2, 0.25) is 0 Å². The van der Waals surface area contributed by atoms with E-state index in [1.165, 1.54) is 6.20 Å². The second-order valence-corrected chi connectivity index (χ2v) is 4.29. The largest absolute Gasteiger partial charge is 0.398 e. The van der Waals surface area contributed by atoms with Crippen LogP contribution in [0.15, 0.2) is 36.9 Å². The van der Waals surface area contributed by atoms with Crippen molar-refractivity contribution >= 4 is 5.69 Å². The van der Waals surface area contributed by atoms with E-state index < -0.39 is 0 Å². The lowest BCUT2D eigenvalue weighted by atomic mass is 9.99. The molecule has 2 aromatic rings. The maximum Gasteiger partial charge on any atom is 0.146 e. The predicted molar refractivity (Wildman–Crippen MR) is 73.0 cm³/mol. The van der Waals surface area contributed by atoms with Gasteiger partial charge in [0.2, 0.25) is 0 Å². The van der Waals surface area contributed by atoms with Gasteiger partial charge in [0.25, 0.3) is 0 Å². The molecule has 5 heteroatoms. The fraction of sp³-hybridized carbons (Fsp3) is 0.286. The van der Waals surface area contributed by atoms with Gasteiger partial charge in [0.15, 0.2) is 0 Å². The van der Waals surface area contributed by atoms with Crippen molar-refractivity contribution < 1.29 is 4.39 Å². The molecule has 100 valence electrons. The molecule has 0 spiro atoms. The molecule has 0 aliphatic rings. The molecule has 0 aromatic carbocycles. The number of aromatic nitrogens is 2. The lowest BCUT2D eigenvalue weighted by Crippen LogP contribution is -2.24. The summed E-state index contributed by atoms with van der Waals surface area (Å²) in [4.78, 5) is 7.83. The van der Waals surface area contributed by atoms with Gasteiger partial charge in [0.05, 0.1) is 6.20 Å². The van der Waals surface area contributed by atoms with Gasteiger partial charge in [0.1, 0.15) is 5.82 Å². The number of pyridine rings is 2. The van der Waals surface area contributed by atoms with Crippen LogP contribution in [0.3, 0.4) is 0 Å². The van der Waals surface area contributed by atoms with Crippen molar-refractivity contribution in [2.75, 3.05) is 12.3 Å². The van der Waals surface area contributed by atoms with Gasteiger partial charge >= 0.3 is 0 Å². The fourth-order valence-electron chi connectivity index (χ4n) is 2.04. The Labute approximate surface area is 111 Å². The highest BCUT2D eigenvalue weighted by Gasteiger charge is 2.16. The zero-order valence-corrected chi connectivity index (χ0v) is 10.8. The van der Waals surface area contributed by atoms with Gasteiger partial charge in [-0.05, 0) is 30.7 Å². The first-order valence-corrected chi connectivity index (χ1v) is 6.23. The first-order valence-electron chi connectivity index (χ1n) is 6.23. The quantitative estimate of drug-likeness (QED) is 0.864. The fourth-order valence-corrected chi connectivity index (χ4v) is 2.04. The number of hydrogen-bond acceptors (Lipinski definition) is 4. The number of rotatable bonds is 5. The molecule has 2 aromatic heterocycles. The summed E-state index contributed by atoms with van der Waals surface area (Å²) in [5.74, 6) is -0.309. The van der Waals surface area contributed by atoms with E-state index in [4.69, 9.17) is 5.73 Å². The summed E-state index contributed by atoms with van der Waals surface area (Å²) in [6.07, 6.45) is 6.78. The van der Waals surface area contributed by atoms with E-state index in [-0.39, 0.29) is 11.9 Å². The Bertz CT molecular complexity index is 544. The molecular formula is C14H17FN4. The molecule has 0 amide bonds. The van der Waals surface area contributed by atoms with E-state index in [2.05, 4.69) is 15.3 Å². The Kier molecular flexibility index (Phi) is 4.41. The third kappa shape index (κ3) is 3.26. The van der Waals surface area contributed by atoms with Gasteiger partial charge in [-0.25, -0.2) is 4.39 Å². The second kappa shape index (κ2) is 6.24. The van der Waals surface area contributed by atoms with Crippen LogP contribution >= 0.6 is 0 Å². The Hall–Kier alpha value is -2.01. The van der Waals surface area contributed by atoms with Crippen LogP contribution in [-0.2, 0) is 6.42 Å². The number of nitrogens with one attached hydrogen (secondary N) is 1. The molecule has 0 saturated heterocycles. The van der Waals surface area contributed by atoms with Crippen molar-refractivity contribution in [3.8, 4) is 0 Å². The lowest BCUT2D eigenvalue weighted by molar-refractivity contribution is 0.507. The highest BCUT2D eigenvalue weighted by molar-refractivity contribution is 5.45. The molecular weight excluding hydrogens is 243 g/mol. The Morgan fingerprint density at radius 2 is 2.00 bits per heavy atom. The lowest BCUT2D eigenvalue weighted by Gasteiger charge is -2.19. The van der Waals surface area contributed by atoms with Crippen LogP contribution in [0.4, 0.5) is 10.1 Å². The van der Waals surface area contributed by atoms with E-state index in [0.29, 0.717) is 17.7 Å². The Balaban J connectivity index is 2.27. The molecule has 0 aliphatic carbocycles.